The lowest BCUT2D eigenvalue weighted by Gasteiger charge is -2.36. The lowest BCUT2D eigenvalue weighted by atomic mass is 10.1. The van der Waals surface area contributed by atoms with E-state index in [1.165, 1.54) is 5.56 Å². The van der Waals surface area contributed by atoms with E-state index in [9.17, 15) is 0 Å². The number of methoxy groups -OCH3 is 2. The van der Waals surface area contributed by atoms with E-state index in [0.717, 1.165) is 62.6 Å². The second-order valence-corrected chi connectivity index (χ2v) is 6.70. The number of ether oxygens (including phenoxy) is 2. The summed E-state index contributed by atoms with van der Waals surface area (Å²) in [6, 6.07) is 7.85. The van der Waals surface area contributed by atoms with Crippen LogP contribution in [-0.4, -0.2) is 74.3 Å². The molecule has 1 aliphatic rings. The van der Waals surface area contributed by atoms with Crippen molar-refractivity contribution in [1.82, 2.24) is 20.2 Å². The van der Waals surface area contributed by atoms with Crippen LogP contribution >= 0.6 is 0 Å². The molecule has 0 amide bonds. The van der Waals surface area contributed by atoms with Crippen molar-refractivity contribution in [1.29, 1.82) is 0 Å². The first-order valence-electron chi connectivity index (χ1n) is 10.0. The summed E-state index contributed by atoms with van der Waals surface area (Å²) in [4.78, 5) is 18.1. The highest BCUT2D eigenvalue weighted by Crippen LogP contribution is 2.27. The van der Waals surface area contributed by atoms with Crippen LogP contribution in [0, 0.1) is 0 Å². The predicted molar refractivity (Wildman–Crippen MR) is 115 cm³/mol. The van der Waals surface area contributed by atoms with Crippen LogP contribution in [0.3, 0.4) is 0 Å². The van der Waals surface area contributed by atoms with Gasteiger partial charge in [0.05, 0.1) is 14.2 Å². The molecule has 2 aromatic rings. The number of aliphatic imine (C=N–C) groups is 1. The highest BCUT2D eigenvalue weighted by molar-refractivity contribution is 5.80. The van der Waals surface area contributed by atoms with E-state index in [1.807, 2.05) is 18.2 Å². The lowest BCUT2D eigenvalue weighted by molar-refractivity contribution is 0.354. The Hall–Kier alpha value is -3.03. The Morgan fingerprint density at radius 2 is 1.79 bits per heavy atom. The maximum atomic E-state index is 5.39. The van der Waals surface area contributed by atoms with Crippen molar-refractivity contribution in [2.24, 2.45) is 4.99 Å². The highest BCUT2D eigenvalue weighted by Gasteiger charge is 2.21. The molecule has 1 N–H and O–H groups in total. The third-order valence-corrected chi connectivity index (χ3v) is 4.86. The first-order valence-corrected chi connectivity index (χ1v) is 10.0. The molecule has 2 heterocycles. The monoisotopic (exact) mass is 398 g/mol. The third-order valence-electron chi connectivity index (χ3n) is 4.86. The van der Waals surface area contributed by atoms with Crippen LogP contribution < -0.4 is 19.7 Å². The number of aromatic nitrogens is 2. The summed E-state index contributed by atoms with van der Waals surface area (Å²) >= 11 is 0. The van der Waals surface area contributed by atoms with E-state index >= 15 is 0 Å². The molecule has 29 heavy (non-hydrogen) atoms. The average molecular weight is 399 g/mol. The molecule has 3 rings (SSSR count). The first kappa shape index (κ1) is 20.7. The number of nitrogens with one attached hydrogen (secondary N) is 1. The summed E-state index contributed by atoms with van der Waals surface area (Å²) in [5.74, 6) is 3.25. The Kier molecular flexibility index (Phi) is 7.49. The van der Waals surface area contributed by atoms with Crippen LogP contribution in [-0.2, 0) is 6.42 Å². The van der Waals surface area contributed by atoms with Crippen molar-refractivity contribution in [2.75, 3.05) is 58.4 Å². The number of anilines is 1. The second kappa shape index (κ2) is 10.5. The molecule has 1 saturated heterocycles. The van der Waals surface area contributed by atoms with E-state index in [4.69, 9.17) is 14.5 Å². The van der Waals surface area contributed by atoms with Gasteiger partial charge in [0.25, 0.3) is 0 Å². The van der Waals surface area contributed by atoms with Gasteiger partial charge in [-0.1, -0.05) is 6.07 Å². The van der Waals surface area contributed by atoms with Gasteiger partial charge in [0.1, 0.15) is 0 Å². The van der Waals surface area contributed by atoms with Gasteiger partial charge in [0.15, 0.2) is 17.5 Å². The fourth-order valence-electron chi connectivity index (χ4n) is 3.33. The largest absolute Gasteiger partial charge is 0.493 e. The van der Waals surface area contributed by atoms with Gasteiger partial charge in [-0.15, -0.1) is 0 Å². The number of piperazine rings is 1. The second-order valence-electron chi connectivity index (χ2n) is 6.70. The SMILES string of the molecule is CCNC(=NCCc1ccc(OC)c(OC)c1)N1CCN(c2ncccn2)CC1. The molecule has 156 valence electrons. The van der Waals surface area contributed by atoms with E-state index < -0.39 is 0 Å². The summed E-state index contributed by atoms with van der Waals surface area (Å²) in [6.07, 6.45) is 4.41. The van der Waals surface area contributed by atoms with Gasteiger partial charge in [-0.25, -0.2) is 9.97 Å². The van der Waals surface area contributed by atoms with Crippen molar-refractivity contribution in [3.05, 3.63) is 42.2 Å². The molecule has 1 aromatic carbocycles. The molecule has 1 aliphatic heterocycles. The molecule has 0 saturated carbocycles. The van der Waals surface area contributed by atoms with Crippen LogP contribution in [0.15, 0.2) is 41.7 Å². The maximum absolute atomic E-state index is 5.39. The predicted octanol–water partition coefficient (Wildman–Crippen LogP) is 1.82. The zero-order valence-electron chi connectivity index (χ0n) is 17.5. The maximum Gasteiger partial charge on any atom is 0.225 e. The third kappa shape index (κ3) is 5.49. The molecule has 0 unspecified atom stereocenters. The molecule has 0 radical (unpaired) electrons. The van der Waals surface area contributed by atoms with Gasteiger partial charge in [0, 0.05) is 51.7 Å². The van der Waals surface area contributed by atoms with Crippen molar-refractivity contribution in [2.45, 2.75) is 13.3 Å². The standard InChI is InChI=1S/C21H30N6O2/c1-4-22-20(25-11-8-17-6-7-18(28-2)19(16-17)29-3)26-12-14-27(15-13-26)21-23-9-5-10-24-21/h5-7,9-10,16H,4,8,11-15H2,1-3H3,(H,22,25). The highest BCUT2D eigenvalue weighted by atomic mass is 16.5. The average Bonchev–Trinajstić information content (AvgIpc) is 2.79. The molecule has 8 nitrogen and oxygen atoms in total. The van der Waals surface area contributed by atoms with E-state index in [0.29, 0.717) is 6.54 Å². The van der Waals surface area contributed by atoms with Gasteiger partial charge in [-0.2, -0.15) is 0 Å². The number of hydrogen-bond acceptors (Lipinski definition) is 6. The van der Waals surface area contributed by atoms with E-state index in [2.05, 4.69) is 38.1 Å². The Balaban J connectivity index is 1.58. The number of guanidine groups is 1. The molecular weight excluding hydrogens is 368 g/mol. The minimum absolute atomic E-state index is 0.708. The fourth-order valence-corrected chi connectivity index (χ4v) is 3.33. The molecule has 1 aromatic heterocycles. The van der Waals surface area contributed by atoms with Gasteiger partial charge < -0.3 is 24.6 Å². The fraction of sp³-hybridized carbons (Fsp3) is 0.476. The lowest BCUT2D eigenvalue weighted by Crippen LogP contribution is -2.53. The molecule has 1 fully saturated rings. The van der Waals surface area contributed by atoms with Gasteiger partial charge in [-0.05, 0) is 37.1 Å². The van der Waals surface area contributed by atoms with Crippen molar-refractivity contribution < 1.29 is 9.47 Å². The van der Waals surface area contributed by atoms with Crippen LogP contribution in [0.4, 0.5) is 5.95 Å². The zero-order chi connectivity index (χ0) is 20.5. The molecule has 8 heteroatoms. The number of hydrogen-bond donors (Lipinski definition) is 1. The molecule has 0 atom stereocenters. The summed E-state index contributed by atoms with van der Waals surface area (Å²) < 4.78 is 10.7. The minimum Gasteiger partial charge on any atom is -0.493 e. The van der Waals surface area contributed by atoms with Gasteiger partial charge in [0.2, 0.25) is 5.95 Å². The smallest absolute Gasteiger partial charge is 0.225 e. The topological polar surface area (TPSA) is 75.1 Å². The van der Waals surface area contributed by atoms with E-state index in [1.54, 1.807) is 26.6 Å². The van der Waals surface area contributed by atoms with Crippen molar-refractivity contribution in [3.8, 4) is 11.5 Å². The minimum atomic E-state index is 0.708. The molecular formula is C21H30N6O2. The van der Waals surface area contributed by atoms with E-state index in [-0.39, 0.29) is 0 Å². The number of nitrogens with zero attached hydrogens (tertiary/aromatic N) is 5. The number of rotatable bonds is 7. The van der Waals surface area contributed by atoms with Crippen LogP contribution in [0.1, 0.15) is 12.5 Å². The normalized spacial score (nSPS) is 14.7. The zero-order valence-corrected chi connectivity index (χ0v) is 17.5. The molecule has 0 aliphatic carbocycles. The van der Waals surface area contributed by atoms with Crippen LogP contribution in [0.25, 0.3) is 0 Å². The van der Waals surface area contributed by atoms with Crippen LogP contribution in [0.5, 0.6) is 11.5 Å². The van der Waals surface area contributed by atoms with Crippen molar-refractivity contribution >= 4 is 11.9 Å². The Morgan fingerprint density at radius 3 is 2.45 bits per heavy atom. The summed E-state index contributed by atoms with van der Waals surface area (Å²) in [6.45, 7) is 7.18. The Labute approximate surface area is 172 Å². The molecule has 0 spiro atoms. The number of benzene rings is 1. The quantitative estimate of drug-likeness (QED) is 0.563. The van der Waals surface area contributed by atoms with Gasteiger partial charge >= 0.3 is 0 Å². The van der Waals surface area contributed by atoms with Crippen LogP contribution in [0.2, 0.25) is 0 Å². The summed E-state index contributed by atoms with van der Waals surface area (Å²) in [5.41, 5.74) is 1.17. The van der Waals surface area contributed by atoms with Gasteiger partial charge in [-0.3, -0.25) is 4.99 Å². The first-order chi connectivity index (χ1) is 14.2. The molecule has 0 bridgehead atoms. The Bertz CT molecular complexity index is 791. The van der Waals surface area contributed by atoms with Crippen molar-refractivity contribution in [3.63, 3.8) is 0 Å². The summed E-state index contributed by atoms with van der Waals surface area (Å²) in [5, 5.41) is 3.42. The summed E-state index contributed by atoms with van der Waals surface area (Å²) in [7, 11) is 3.30. The Morgan fingerprint density at radius 1 is 1.07 bits per heavy atom.